The number of carbonyl (C=O) groups is 2. The molecule has 3 heterocycles. The number of fused-ring (bicyclic) bond motifs is 1. The number of thiazole rings is 1. The maximum atomic E-state index is 13.7. The van der Waals surface area contributed by atoms with Gasteiger partial charge in [-0.1, -0.05) is 53.3 Å². The minimum Gasteiger partial charge on any atom is -0.465 e. The van der Waals surface area contributed by atoms with Crippen LogP contribution in [0.1, 0.15) is 41.6 Å². The lowest BCUT2D eigenvalue weighted by Gasteiger charge is -2.25. The monoisotopic (exact) mass is 562 g/mol. The van der Waals surface area contributed by atoms with E-state index in [0.29, 0.717) is 42.7 Å². The number of benzene rings is 2. The summed E-state index contributed by atoms with van der Waals surface area (Å²) in [5.74, 6) is 0.0584. The third-order valence-electron chi connectivity index (χ3n) is 6.21. The number of ether oxygens (including phenoxy) is 2. The van der Waals surface area contributed by atoms with E-state index in [1.165, 1.54) is 23.0 Å². The molecule has 0 N–H and O–H groups in total. The van der Waals surface area contributed by atoms with Gasteiger partial charge < -0.3 is 13.9 Å². The van der Waals surface area contributed by atoms with Crippen LogP contribution in [0, 0.1) is 0 Å². The van der Waals surface area contributed by atoms with Crippen LogP contribution in [0.3, 0.4) is 0 Å². The van der Waals surface area contributed by atoms with Gasteiger partial charge in [0.1, 0.15) is 17.6 Å². The Labute approximate surface area is 232 Å². The van der Waals surface area contributed by atoms with Crippen LogP contribution in [0.4, 0.5) is 0 Å². The highest BCUT2D eigenvalue weighted by atomic mass is 35.5. The third kappa shape index (κ3) is 4.98. The average Bonchev–Trinajstić information content (AvgIpc) is 3.52. The molecular weight excluding hydrogens is 540 g/mol. The number of carbonyl (C=O) groups excluding carboxylic acids is 2. The lowest BCUT2D eigenvalue weighted by molar-refractivity contribution is -0.139. The Morgan fingerprint density at radius 3 is 2.54 bits per heavy atom. The molecule has 1 atom stereocenters. The van der Waals surface area contributed by atoms with Crippen LogP contribution in [-0.4, -0.2) is 30.2 Å². The number of rotatable bonds is 6. The summed E-state index contributed by atoms with van der Waals surface area (Å²) in [7, 11) is 1.33. The molecule has 0 spiro atoms. The minimum absolute atomic E-state index is 0.182. The van der Waals surface area contributed by atoms with E-state index in [2.05, 4.69) is 4.99 Å². The van der Waals surface area contributed by atoms with Crippen molar-refractivity contribution in [2.45, 2.75) is 19.9 Å². The first-order chi connectivity index (χ1) is 18.8. The van der Waals surface area contributed by atoms with Gasteiger partial charge in [-0.3, -0.25) is 9.36 Å². The molecule has 4 aromatic rings. The Balaban J connectivity index is 1.58. The van der Waals surface area contributed by atoms with E-state index < -0.39 is 18.0 Å². The summed E-state index contributed by atoms with van der Waals surface area (Å²) in [6.07, 6.45) is 1.64. The summed E-state index contributed by atoms with van der Waals surface area (Å²) in [6, 6.07) is 16.6. The van der Waals surface area contributed by atoms with Crippen LogP contribution in [0.2, 0.25) is 5.02 Å². The molecule has 0 saturated heterocycles. The van der Waals surface area contributed by atoms with Gasteiger partial charge in [0.05, 0.1) is 35.1 Å². The number of allylic oxidation sites excluding steroid dienone is 1. The molecule has 0 unspecified atom stereocenters. The highest BCUT2D eigenvalue weighted by Gasteiger charge is 2.34. The van der Waals surface area contributed by atoms with Crippen LogP contribution in [-0.2, 0) is 14.3 Å². The Morgan fingerprint density at radius 2 is 1.85 bits per heavy atom. The van der Waals surface area contributed by atoms with Crippen LogP contribution >= 0.6 is 22.9 Å². The first-order valence-corrected chi connectivity index (χ1v) is 13.2. The van der Waals surface area contributed by atoms with Crippen molar-refractivity contribution in [1.82, 2.24) is 4.57 Å². The summed E-state index contributed by atoms with van der Waals surface area (Å²) in [6.45, 7) is 3.62. The first-order valence-electron chi connectivity index (χ1n) is 12.0. The third-order valence-corrected chi connectivity index (χ3v) is 7.53. The van der Waals surface area contributed by atoms with Gasteiger partial charge in [-0.15, -0.1) is 0 Å². The lowest BCUT2D eigenvalue weighted by Crippen LogP contribution is -2.40. The molecule has 0 aliphatic carbocycles. The van der Waals surface area contributed by atoms with Gasteiger partial charge in [0.2, 0.25) is 0 Å². The molecule has 2 aromatic carbocycles. The van der Waals surface area contributed by atoms with Crippen LogP contribution in [0.5, 0.6) is 0 Å². The predicted molar refractivity (Wildman–Crippen MR) is 147 cm³/mol. The Morgan fingerprint density at radius 1 is 1.10 bits per heavy atom. The van der Waals surface area contributed by atoms with Crippen molar-refractivity contribution in [3.63, 3.8) is 0 Å². The van der Waals surface area contributed by atoms with Gasteiger partial charge in [-0.25, -0.2) is 14.6 Å². The summed E-state index contributed by atoms with van der Waals surface area (Å²) in [5, 5.41) is 0.419. The normalized spacial score (nSPS) is 15.1. The molecule has 0 saturated carbocycles. The number of hydrogen-bond acceptors (Lipinski definition) is 8. The quantitative estimate of drug-likeness (QED) is 0.321. The van der Waals surface area contributed by atoms with E-state index in [9.17, 15) is 14.4 Å². The van der Waals surface area contributed by atoms with Crippen LogP contribution in [0.25, 0.3) is 17.4 Å². The molecule has 2 aromatic heterocycles. The molecule has 10 heteroatoms. The summed E-state index contributed by atoms with van der Waals surface area (Å²) < 4.78 is 17.9. The van der Waals surface area contributed by atoms with Crippen LogP contribution < -0.4 is 14.9 Å². The van der Waals surface area contributed by atoms with Crippen molar-refractivity contribution >= 4 is 41.0 Å². The second-order valence-electron chi connectivity index (χ2n) is 8.59. The number of furan rings is 1. The minimum atomic E-state index is -0.795. The van der Waals surface area contributed by atoms with Gasteiger partial charge in [-0.2, -0.15) is 0 Å². The van der Waals surface area contributed by atoms with Gasteiger partial charge in [0.25, 0.3) is 5.56 Å². The summed E-state index contributed by atoms with van der Waals surface area (Å²) >= 11 is 7.73. The van der Waals surface area contributed by atoms with Crippen LogP contribution in [0.15, 0.2) is 86.1 Å². The van der Waals surface area contributed by atoms with E-state index in [1.807, 2.05) is 0 Å². The zero-order chi connectivity index (χ0) is 27.7. The fourth-order valence-corrected chi connectivity index (χ4v) is 5.65. The van der Waals surface area contributed by atoms with Crippen molar-refractivity contribution in [2.24, 2.45) is 4.99 Å². The molecule has 0 radical (unpaired) electrons. The molecule has 1 aliphatic heterocycles. The SMILES string of the molecule is CCOC(=O)C1=C(C)N=c2s/c(=C\c3ccc(-c4ccc(C(=O)OC)cc4)o3)c(=O)n2[C@H]1c1ccccc1Cl. The molecule has 0 amide bonds. The standard InChI is InChI=1S/C29H23ClN2O6S/c1-4-37-28(35)24-16(2)31-29-32(25(24)20-7-5-6-8-21(20)30)26(33)23(39-29)15-19-13-14-22(38-19)17-9-11-18(12-10-17)27(34)36-3/h5-15,25H,4H2,1-3H3/b23-15-/t25-/m0/s1. The van der Waals surface area contributed by atoms with E-state index in [-0.39, 0.29) is 17.7 Å². The Bertz CT molecular complexity index is 1800. The van der Waals surface area contributed by atoms with E-state index in [1.54, 1.807) is 80.6 Å². The van der Waals surface area contributed by atoms with Gasteiger partial charge in [-0.05, 0) is 49.7 Å². The predicted octanol–water partition coefficient (Wildman–Crippen LogP) is 4.50. The van der Waals surface area contributed by atoms with Crippen molar-refractivity contribution in [2.75, 3.05) is 13.7 Å². The van der Waals surface area contributed by atoms with Crippen molar-refractivity contribution < 1.29 is 23.5 Å². The fraction of sp³-hybridized carbons (Fsp3) is 0.172. The molecule has 198 valence electrons. The lowest BCUT2D eigenvalue weighted by atomic mass is 9.96. The zero-order valence-corrected chi connectivity index (χ0v) is 22.8. The fourth-order valence-electron chi connectivity index (χ4n) is 4.39. The largest absolute Gasteiger partial charge is 0.465 e. The summed E-state index contributed by atoms with van der Waals surface area (Å²) in [4.78, 5) is 43.4. The maximum Gasteiger partial charge on any atom is 0.338 e. The van der Waals surface area contributed by atoms with E-state index in [0.717, 1.165) is 5.56 Å². The number of methoxy groups -OCH3 is 1. The van der Waals surface area contributed by atoms with Gasteiger partial charge in [0, 0.05) is 16.7 Å². The maximum absolute atomic E-state index is 13.7. The molecule has 0 fully saturated rings. The van der Waals surface area contributed by atoms with Crippen molar-refractivity contribution in [1.29, 1.82) is 0 Å². The molecule has 1 aliphatic rings. The summed E-state index contributed by atoms with van der Waals surface area (Å²) in [5.41, 5.74) is 2.18. The van der Waals surface area contributed by atoms with Gasteiger partial charge in [0.15, 0.2) is 4.80 Å². The van der Waals surface area contributed by atoms with E-state index >= 15 is 0 Å². The molecule has 5 rings (SSSR count). The average molecular weight is 563 g/mol. The zero-order valence-electron chi connectivity index (χ0n) is 21.3. The molecule has 8 nitrogen and oxygen atoms in total. The van der Waals surface area contributed by atoms with Crippen molar-refractivity contribution in [3.05, 3.63) is 114 Å². The first kappa shape index (κ1) is 26.4. The second-order valence-corrected chi connectivity index (χ2v) is 10.0. The van der Waals surface area contributed by atoms with E-state index in [4.69, 9.17) is 25.5 Å². The number of aromatic nitrogens is 1. The highest BCUT2D eigenvalue weighted by Crippen LogP contribution is 2.34. The van der Waals surface area contributed by atoms with Crippen molar-refractivity contribution in [3.8, 4) is 11.3 Å². The highest BCUT2D eigenvalue weighted by molar-refractivity contribution is 7.07. The number of esters is 2. The second kappa shape index (κ2) is 10.9. The number of halogens is 1. The molecular formula is C29H23ClN2O6S. The van der Waals surface area contributed by atoms with Gasteiger partial charge >= 0.3 is 11.9 Å². The number of hydrogen-bond donors (Lipinski definition) is 0. The molecule has 39 heavy (non-hydrogen) atoms. The Kier molecular flexibility index (Phi) is 7.36. The molecule has 0 bridgehead atoms. The topological polar surface area (TPSA) is 100 Å². The smallest absolute Gasteiger partial charge is 0.338 e. The Hall–Kier alpha value is -4.21. The number of nitrogens with zero attached hydrogens (tertiary/aromatic N) is 2.